The summed E-state index contributed by atoms with van der Waals surface area (Å²) in [5, 5.41) is 6.40. The second-order valence-electron chi connectivity index (χ2n) is 21.9. The highest BCUT2D eigenvalue weighted by atomic mass is 16.2. The lowest BCUT2D eigenvalue weighted by Gasteiger charge is -2.32. The minimum absolute atomic E-state index is 0.0384. The van der Waals surface area contributed by atoms with Gasteiger partial charge < -0.3 is 35.1 Å². The molecule has 0 bridgehead atoms. The molecule has 2 fully saturated rings. The van der Waals surface area contributed by atoms with Crippen LogP contribution in [0, 0.1) is 11.8 Å². The van der Waals surface area contributed by atoms with E-state index in [1.165, 1.54) is 77.0 Å². The summed E-state index contributed by atoms with van der Waals surface area (Å²) in [5.41, 5.74) is 0. The number of nitrogens with zero attached hydrogens (tertiary/aromatic N) is 5. The molecule has 11 nitrogen and oxygen atoms in total. The summed E-state index contributed by atoms with van der Waals surface area (Å²) in [7, 11) is 10.2. The van der Waals surface area contributed by atoms with Crippen LogP contribution in [0.25, 0.3) is 0 Å². The second-order valence-corrected chi connectivity index (χ2v) is 21.9. The topological polar surface area (TPSA) is 109 Å². The van der Waals surface area contributed by atoms with Gasteiger partial charge in [-0.3, -0.25) is 19.2 Å². The number of rotatable bonds is 48. The van der Waals surface area contributed by atoms with Gasteiger partial charge in [0.25, 0.3) is 0 Å². The Morgan fingerprint density at radius 1 is 0.417 bits per heavy atom. The first-order chi connectivity index (χ1) is 35.0. The predicted molar refractivity (Wildman–Crippen MR) is 305 cm³/mol. The van der Waals surface area contributed by atoms with Gasteiger partial charge in [0, 0.05) is 52.1 Å². The lowest BCUT2D eigenvalue weighted by Crippen LogP contribution is -2.53. The molecule has 0 heterocycles. The quantitative estimate of drug-likeness (QED) is 0.0462. The number of likely N-dealkylation sites (N-methyl/N-ethyl adjacent to an activating group) is 1. The summed E-state index contributed by atoms with van der Waals surface area (Å²) in [4.78, 5) is 65.7. The van der Waals surface area contributed by atoms with E-state index in [4.69, 9.17) is 0 Å². The summed E-state index contributed by atoms with van der Waals surface area (Å²) in [5.74, 6) is 0.596. The van der Waals surface area contributed by atoms with Crippen LogP contribution in [0.5, 0.6) is 0 Å². The number of nitrogens with one attached hydrogen (secondary N) is 2. The number of hydrogen-bond donors (Lipinski definition) is 2. The van der Waals surface area contributed by atoms with Gasteiger partial charge in [0.1, 0.15) is 12.1 Å². The second kappa shape index (κ2) is 43.0. The first-order valence-corrected chi connectivity index (χ1v) is 29.7. The predicted octanol–water partition coefficient (Wildman–Crippen LogP) is 11.9. The minimum atomic E-state index is -0.417. The maximum Gasteiger partial charge on any atom is 0.243 e. The average molecular weight is 1010 g/mol. The number of unbranched alkanes of at least 4 members (excludes halogenated alkanes) is 16. The highest BCUT2D eigenvalue weighted by Crippen LogP contribution is 2.37. The monoisotopic (exact) mass is 1010 g/mol. The molecule has 0 aliphatic heterocycles. The molecule has 2 aliphatic rings. The van der Waals surface area contributed by atoms with Crippen molar-refractivity contribution in [3.8, 4) is 0 Å². The van der Waals surface area contributed by atoms with Crippen molar-refractivity contribution in [1.82, 2.24) is 35.1 Å². The van der Waals surface area contributed by atoms with Crippen molar-refractivity contribution in [2.75, 3.05) is 87.6 Å². The van der Waals surface area contributed by atoms with Crippen LogP contribution >= 0.6 is 0 Å². The Bertz CT molecular complexity index is 1410. The van der Waals surface area contributed by atoms with Crippen LogP contribution in [0.15, 0.2) is 48.6 Å². The van der Waals surface area contributed by atoms with Crippen LogP contribution in [-0.2, 0) is 19.2 Å². The minimum Gasteiger partial charge on any atom is -0.353 e. The fourth-order valence-electron chi connectivity index (χ4n) is 9.52. The van der Waals surface area contributed by atoms with E-state index in [9.17, 15) is 19.2 Å². The largest absolute Gasteiger partial charge is 0.353 e. The summed E-state index contributed by atoms with van der Waals surface area (Å²) in [6.07, 6.45) is 50.2. The Morgan fingerprint density at radius 3 is 1.08 bits per heavy atom. The zero-order chi connectivity index (χ0) is 52.4. The molecule has 2 rings (SSSR count). The van der Waals surface area contributed by atoms with Crippen molar-refractivity contribution >= 4 is 23.6 Å². The maximum atomic E-state index is 13.9. The van der Waals surface area contributed by atoms with Gasteiger partial charge in [-0.15, -0.1) is 0 Å². The molecule has 2 unspecified atom stereocenters. The van der Waals surface area contributed by atoms with Gasteiger partial charge in [-0.2, -0.15) is 0 Å². The van der Waals surface area contributed by atoms with E-state index in [1.54, 1.807) is 0 Å². The van der Waals surface area contributed by atoms with Crippen molar-refractivity contribution in [2.24, 2.45) is 11.8 Å². The van der Waals surface area contributed by atoms with Crippen LogP contribution in [0.4, 0.5) is 0 Å². The van der Waals surface area contributed by atoms with E-state index < -0.39 is 12.1 Å². The van der Waals surface area contributed by atoms with Gasteiger partial charge in [0.15, 0.2) is 0 Å². The Kier molecular flexibility index (Phi) is 38.7. The molecule has 2 aliphatic carbocycles. The average Bonchev–Trinajstić information content (AvgIpc) is 4.30. The van der Waals surface area contributed by atoms with Crippen LogP contribution in [0.2, 0.25) is 0 Å². The van der Waals surface area contributed by atoms with Crippen LogP contribution in [0.3, 0.4) is 0 Å². The number of amides is 4. The molecule has 11 heteroatoms. The number of allylic oxidation sites excluding steroid dienone is 8. The van der Waals surface area contributed by atoms with Crippen LogP contribution in [0.1, 0.15) is 206 Å². The van der Waals surface area contributed by atoms with Gasteiger partial charge >= 0.3 is 0 Å². The molecule has 2 N–H and O–H groups in total. The molecule has 0 aromatic heterocycles. The number of hydrogen-bond acceptors (Lipinski definition) is 7. The third-order valence-corrected chi connectivity index (χ3v) is 14.3. The highest BCUT2D eigenvalue weighted by molar-refractivity contribution is 5.89. The first-order valence-electron chi connectivity index (χ1n) is 29.7. The molecule has 0 spiro atoms. The van der Waals surface area contributed by atoms with Gasteiger partial charge in [0.05, 0.1) is 0 Å². The van der Waals surface area contributed by atoms with Crippen LogP contribution < -0.4 is 10.6 Å². The maximum absolute atomic E-state index is 13.9. The number of carbonyl (C=O) groups is 4. The fourth-order valence-corrected chi connectivity index (χ4v) is 9.52. The lowest BCUT2D eigenvalue weighted by molar-refractivity contribution is -0.141. The molecule has 0 saturated heterocycles. The van der Waals surface area contributed by atoms with Crippen molar-refractivity contribution in [1.29, 1.82) is 0 Å². The van der Waals surface area contributed by atoms with Gasteiger partial charge in [0.2, 0.25) is 23.6 Å². The van der Waals surface area contributed by atoms with Gasteiger partial charge in [-0.25, -0.2) is 0 Å². The molecule has 2 atom stereocenters. The molecule has 0 aromatic rings. The SMILES string of the molecule is CCCCC/C=C\C/C=C\CCCCCCCC(=O)N(CCCN(C)C)C(C(=O)NCCN(C)CCNC(=O)C(C1CC1)N(CCCN(C)C)C(=O)CCCCCCC/C=C\C/C=C\CCCCC)C1CC1. The number of carbonyl (C=O) groups excluding carboxylic acids is 4. The van der Waals surface area contributed by atoms with Crippen molar-refractivity contribution in [3.63, 3.8) is 0 Å². The van der Waals surface area contributed by atoms with Crippen molar-refractivity contribution in [3.05, 3.63) is 48.6 Å². The first kappa shape index (κ1) is 64.8. The highest BCUT2D eigenvalue weighted by Gasteiger charge is 2.43. The molecule has 414 valence electrons. The van der Waals surface area contributed by atoms with E-state index in [2.05, 4.69) is 116 Å². The normalized spacial score (nSPS) is 15.0. The third kappa shape index (κ3) is 33.5. The molecular weight excluding hydrogens is 895 g/mol. The standard InChI is InChI=1S/C61H111N7O4/c1-8-10-12-14-16-18-20-22-24-26-28-30-32-34-36-40-56(69)67(50-38-48-64(3)4)58(54-42-43-54)60(71)62-46-52-66(7)53-47-63-61(72)59(55-44-45-55)68(51-39-49-65(5)6)57(70)41-37-35-33-31-29-27-25-23-21-19-17-15-13-11-9-2/h16-19,22-25,54-55,58-59H,8-15,20-21,26-53H2,1-7H3,(H,62,71)(H,63,72)/b18-16-,19-17-,24-22-,25-23-. The zero-order valence-corrected chi connectivity index (χ0v) is 47.7. The smallest absolute Gasteiger partial charge is 0.243 e. The summed E-state index contributed by atoms with van der Waals surface area (Å²) in [6, 6.07) is -0.833. The Morgan fingerprint density at radius 2 is 0.750 bits per heavy atom. The fraction of sp³-hybridized carbons (Fsp3) is 0.803. The molecular formula is C61H111N7O4. The zero-order valence-electron chi connectivity index (χ0n) is 47.7. The Labute approximate surface area is 442 Å². The molecule has 0 radical (unpaired) electrons. The molecule has 0 aromatic carbocycles. The molecule has 72 heavy (non-hydrogen) atoms. The van der Waals surface area contributed by atoms with E-state index in [-0.39, 0.29) is 35.5 Å². The van der Waals surface area contributed by atoms with E-state index in [0.29, 0.717) is 52.1 Å². The summed E-state index contributed by atoms with van der Waals surface area (Å²) >= 11 is 0. The third-order valence-electron chi connectivity index (χ3n) is 14.3. The van der Waals surface area contributed by atoms with E-state index in [0.717, 1.165) is 116 Å². The summed E-state index contributed by atoms with van der Waals surface area (Å²) < 4.78 is 0. The van der Waals surface area contributed by atoms with Crippen LogP contribution in [-0.4, -0.2) is 148 Å². The van der Waals surface area contributed by atoms with E-state index >= 15 is 0 Å². The van der Waals surface area contributed by atoms with Gasteiger partial charge in [-0.1, -0.05) is 127 Å². The Balaban J connectivity index is 1.80. The molecule has 4 amide bonds. The van der Waals surface area contributed by atoms with E-state index in [1.807, 2.05) is 16.8 Å². The van der Waals surface area contributed by atoms with Gasteiger partial charge in [-0.05, 0) is 176 Å². The summed E-state index contributed by atoms with van der Waals surface area (Å²) in [6.45, 7) is 9.65. The Hall–Kier alpha value is -3.28. The lowest BCUT2D eigenvalue weighted by atomic mass is 10.1. The molecule has 2 saturated carbocycles. The van der Waals surface area contributed by atoms with Crippen molar-refractivity contribution < 1.29 is 19.2 Å². The van der Waals surface area contributed by atoms with Crippen molar-refractivity contribution in [2.45, 2.75) is 219 Å².